The van der Waals surface area contributed by atoms with Gasteiger partial charge >= 0.3 is 5.97 Å². The summed E-state index contributed by atoms with van der Waals surface area (Å²) in [6.07, 6.45) is 13.4. The first-order chi connectivity index (χ1) is 15.4. The number of carbonyl (C=O) groups excluding carboxylic acids is 3. The van der Waals surface area contributed by atoms with Crippen molar-refractivity contribution < 1.29 is 29.0 Å². The fraction of sp³-hybridized carbons (Fsp3) is 0.708. The molecule has 32 heavy (non-hydrogen) atoms. The van der Waals surface area contributed by atoms with Gasteiger partial charge in [0.1, 0.15) is 17.6 Å². The highest BCUT2D eigenvalue weighted by atomic mass is 16.6. The summed E-state index contributed by atoms with van der Waals surface area (Å²) in [5.41, 5.74) is -2.31. The monoisotopic (exact) mass is 444 g/mol. The van der Waals surface area contributed by atoms with E-state index in [9.17, 15) is 19.5 Å². The predicted molar refractivity (Wildman–Crippen MR) is 114 cm³/mol. The van der Waals surface area contributed by atoms with Crippen LogP contribution in [-0.2, 0) is 23.9 Å². The number of nitrogens with zero attached hydrogens (tertiary/aromatic N) is 2. The largest absolute Gasteiger partial charge is 0.465 e. The molecule has 1 spiro atoms. The normalized spacial score (nSPS) is 39.8. The average molecular weight is 445 g/mol. The van der Waals surface area contributed by atoms with Crippen LogP contribution in [0.4, 0.5) is 0 Å². The van der Waals surface area contributed by atoms with Gasteiger partial charge in [0.25, 0.3) is 0 Å². The van der Waals surface area contributed by atoms with Crippen molar-refractivity contribution in [1.82, 2.24) is 9.80 Å². The molecule has 1 unspecified atom stereocenters. The molecule has 0 radical (unpaired) electrons. The van der Waals surface area contributed by atoms with Crippen LogP contribution in [0.3, 0.4) is 0 Å². The van der Waals surface area contributed by atoms with Gasteiger partial charge in [-0.3, -0.25) is 14.4 Å². The second kappa shape index (κ2) is 7.99. The molecule has 4 aliphatic heterocycles. The van der Waals surface area contributed by atoms with Gasteiger partial charge in [-0.15, -0.1) is 0 Å². The molecule has 0 aromatic heterocycles. The van der Waals surface area contributed by atoms with E-state index in [0.29, 0.717) is 13.0 Å². The molecule has 1 aliphatic carbocycles. The van der Waals surface area contributed by atoms with E-state index in [1.54, 1.807) is 6.92 Å². The topological polar surface area (TPSA) is 96.4 Å². The lowest BCUT2D eigenvalue weighted by Crippen LogP contribution is -2.58. The summed E-state index contributed by atoms with van der Waals surface area (Å²) in [5.74, 6) is -2.67. The third-order valence-electron chi connectivity index (χ3n) is 7.91. The Morgan fingerprint density at radius 3 is 2.59 bits per heavy atom. The highest BCUT2D eigenvalue weighted by molar-refractivity contribution is 5.99. The Morgan fingerprint density at radius 1 is 1.06 bits per heavy atom. The zero-order valence-corrected chi connectivity index (χ0v) is 18.6. The van der Waals surface area contributed by atoms with Crippen LogP contribution in [0.25, 0.3) is 0 Å². The first-order valence-corrected chi connectivity index (χ1v) is 11.9. The van der Waals surface area contributed by atoms with Crippen molar-refractivity contribution in [3.8, 4) is 0 Å². The molecule has 5 atom stereocenters. The van der Waals surface area contributed by atoms with Gasteiger partial charge in [0.15, 0.2) is 0 Å². The Labute approximate surface area is 188 Å². The maximum absolute atomic E-state index is 14.0. The number of ether oxygens (including phenoxy) is 2. The van der Waals surface area contributed by atoms with Crippen LogP contribution in [0.5, 0.6) is 0 Å². The van der Waals surface area contributed by atoms with E-state index in [0.717, 1.165) is 25.7 Å². The second-order valence-electron chi connectivity index (χ2n) is 9.80. The molecule has 5 aliphatic rings. The number of hydrogen-bond donors (Lipinski definition) is 1. The Bertz CT molecular complexity index is 865. The molecule has 1 N–H and O–H groups in total. The van der Waals surface area contributed by atoms with Gasteiger partial charge in [0.05, 0.1) is 24.7 Å². The van der Waals surface area contributed by atoms with Crippen LogP contribution < -0.4 is 0 Å². The van der Waals surface area contributed by atoms with Crippen molar-refractivity contribution in [3.05, 3.63) is 24.3 Å². The number of amides is 2. The smallest absolute Gasteiger partial charge is 0.313 e. The Balaban J connectivity index is 1.60. The fourth-order valence-corrected chi connectivity index (χ4v) is 6.57. The number of β-amino-alcohol motifs (C(OH)–C–C–N with tert-alkyl or cyclic N) is 1. The van der Waals surface area contributed by atoms with Crippen molar-refractivity contribution in [2.45, 2.75) is 68.7 Å². The zero-order chi connectivity index (χ0) is 22.5. The summed E-state index contributed by atoms with van der Waals surface area (Å²) in [7, 11) is 0. The van der Waals surface area contributed by atoms with Crippen LogP contribution in [0.15, 0.2) is 24.3 Å². The number of aliphatic hydroxyl groups is 1. The molecule has 0 aromatic carbocycles. The molecular formula is C24H32N2O6. The minimum atomic E-state index is -1.26. The Morgan fingerprint density at radius 2 is 1.84 bits per heavy atom. The molecule has 2 amide bonds. The molecular weight excluding hydrogens is 412 g/mol. The standard InChI is InChI=1S/C24H32N2O6/c1-23-10-5-6-15-31-22(30)18(23)17-20(28)26(13-14-27)19-21(29)25(16-8-3-2-4-9-16)12-7-11-24(17,19)32-23/h5,7,10-11,16-19,27H,2-4,6,8-9,12-15H2,1H3/t17-,18-,19?,23+,24-/m0/s1. The number of hydrogen-bond acceptors (Lipinski definition) is 6. The van der Waals surface area contributed by atoms with Crippen molar-refractivity contribution >= 4 is 17.8 Å². The summed E-state index contributed by atoms with van der Waals surface area (Å²) < 4.78 is 12.1. The van der Waals surface area contributed by atoms with Crippen LogP contribution >= 0.6 is 0 Å². The second-order valence-corrected chi connectivity index (χ2v) is 9.80. The van der Waals surface area contributed by atoms with Crippen LogP contribution in [0, 0.1) is 11.8 Å². The third kappa shape index (κ3) is 3.06. The number of esters is 1. The SMILES string of the molecule is C[C@@]12C=CCCOC(=O)[C@@H]1[C@H]1C(=O)N(CCO)C3C(=O)N(C4CCCCC4)CC=C[C@@]31O2. The number of aliphatic hydroxyl groups excluding tert-OH is 1. The quantitative estimate of drug-likeness (QED) is 0.519. The molecule has 8 heteroatoms. The minimum Gasteiger partial charge on any atom is -0.465 e. The summed E-state index contributed by atoms with van der Waals surface area (Å²) >= 11 is 0. The molecule has 3 fully saturated rings. The number of rotatable bonds is 3. The van der Waals surface area contributed by atoms with E-state index >= 15 is 0 Å². The maximum Gasteiger partial charge on any atom is 0.313 e. The van der Waals surface area contributed by atoms with Crippen molar-refractivity contribution in [2.24, 2.45) is 11.8 Å². The Kier molecular flexibility index (Phi) is 5.40. The summed E-state index contributed by atoms with van der Waals surface area (Å²) in [6, 6.07) is -0.768. The van der Waals surface area contributed by atoms with Crippen molar-refractivity contribution in [1.29, 1.82) is 0 Å². The zero-order valence-electron chi connectivity index (χ0n) is 18.6. The van der Waals surface area contributed by atoms with Gasteiger partial charge in [-0.2, -0.15) is 0 Å². The molecule has 1 saturated carbocycles. The van der Waals surface area contributed by atoms with Crippen LogP contribution in [0.2, 0.25) is 0 Å². The summed E-state index contributed by atoms with van der Waals surface area (Å²) in [4.78, 5) is 44.1. The highest BCUT2D eigenvalue weighted by Crippen LogP contribution is 2.57. The van der Waals surface area contributed by atoms with Gasteiger partial charge < -0.3 is 24.4 Å². The lowest BCUT2D eigenvalue weighted by molar-refractivity contribution is -0.160. The first-order valence-electron chi connectivity index (χ1n) is 11.9. The summed E-state index contributed by atoms with van der Waals surface area (Å²) in [5, 5.41) is 9.70. The van der Waals surface area contributed by atoms with E-state index in [-0.39, 0.29) is 37.6 Å². The van der Waals surface area contributed by atoms with Gasteiger partial charge in [-0.05, 0) is 26.2 Å². The van der Waals surface area contributed by atoms with Gasteiger partial charge in [0.2, 0.25) is 11.8 Å². The number of cyclic esters (lactones) is 1. The van der Waals surface area contributed by atoms with Crippen LogP contribution in [-0.4, -0.2) is 82.3 Å². The van der Waals surface area contributed by atoms with E-state index in [1.807, 2.05) is 29.2 Å². The molecule has 4 heterocycles. The lowest BCUT2D eigenvalue weighted by atomic mass is 9.74. The minimum absolute atomic E-state index is 0.0253. The highest BCUT2D eigenvalue weighted by Gasteiger charge is 2.74. The summed E-state index contributed by atoms with van der Waals surface area (Å²) in [6.45, 7) is 2.27. The number of fused-ring (bicyclic) bond motifs is 2. The third-order valence-corrected chi connectivity index (χ3v) is 7.91. The van der Waals surface area contributed by atoms with Gasteiger partial charge in [-0.1, -0.05) is 43.6 Å². The van der Waals surface area contributed by atoms with Gasteiger partial charge in [0, 0.05) is 19.1 Å². The first kappa shape index (κ1) is 21.6. The maximum atomic E-state index is 14.0. The Hall–Kier alpha value is -2.19. The molecule has 174 valence electrons. The van der Waals surface area contributed by atoms with Crippen LogP contribution in [0.1, 0.15) is 45.4 Å². The lowest BCUT2D eigenvalue weighted by Gasteiger charge is -2.40. The van der Waals surface area contributed by atoms with Crippen molar-refractivity contribution in [2.75, 3.05) is 26.3 Å². The van der Waals surface area contributed by atoms with E-state index < -0.39 is 35.0 Å². The predicted octanol–water partition coefficient (Wildman–Crippen LogP) is 1.18. The van der Waals surface area contributed by atoms with E-state index in [1.165, 1.54) is 11.3 Å². The van der Waals surface area contributed by atoms with Crippen molar-refractivity contribution in [3.63, 3.8) is 0 Å². The van der Waals surface area contributed by atoms with E-state index in [2.05, 4.69) is 0 Å². The number of carbonyl (C=O) groups is 3. The molecule has 5 rings (SSSR count). The molecule has 0 aromatic rings. The molecule has 8 nitrogen and oxygen atoms in total. The van der Waals surface area contributed by atoms with E-state index in [4.69, 9.17) is 9.47 Å². The van der Waals surface area contributed by atoms with Gasteiger partial charge in [-0.25, -0.2) is 0 Å². The number of likely N-dealkylation sites (tertiary alicyclic amines) is 1. The average Bonchev–Trinajstić information content (AvgIpc) is 3.08. The fourth-order valence-electron chi connectivity index (χ4n) is 6.57. The molecule has 0 bridgehead atoms. The molecule has 2 saturated heterocycles.